The lowest BCUT2D eigenvalue weighted by Crippen LogP contribution is -2.09. The number of para-hydroxylation sites is 1. The van der Waals surface area contributed by atoms with E-state index >= 15 is 0 Å². The van der Waals surface area contributed by atoms with E-state index in [0.717, 1.165) is 16.3 Å². The number of methoxy groups -OCH3 is 1. The van der Waals surface area contributed by atoms with E-state index in [4.69, 9.17) is 4.74 Å². The first-order valence-corrected chi connectivity index (χ1v) is 5.78. The fourth-order valence-corrected chi connectivity index (χ4v) is 2.45. The molecular weight excluding hydrogens is 206 g/mol. The Morgan fingerprint density at radius 2 is 2.00 bits per heavy atom. The van der Waals surface area contributed by atoms with E-state index in [9.17, 15) is 0 Å². The molecule has 0 unspecified atom stereocenters. The van der Waals surface area contributed by atoms with Gasteiger partial charge in [0, 0.05) is 5.41 Å². The molecule has 1 heterocycles. The molecule has 0 amide bonds. The number of benzene rings is 1. The molecule has 1 aromatic heterocycles. The van der Waals surface area contributed by atoms with E-state index in [1.807, 2.05) is 12.1 Å². The summed E-state index contributed by atoms with van der Waals surface area (Å²) in [7, 11) is 1.69. The maximum atomic E-state index is 5.30. The normalized spacial score (nSPS) is 12.0. The van der Waals surface area contributed by atoms with Gasteiger partial charge in [-0.25, -0.2) is 4.98 Å². The number of ether oxygens (including phenoxy) is 1. The van der Waals surface area contributed by atoms with Crippen LogP contribution in [0.4, 0.5) is 0 Å². The van der Waals surface area contributed by atoms with Crippen LogP contribution < -0.4 is 4.74 Å². The molecule has 0 bridgehead atoms. The number of nitrogens with zero attached hydrogens (tertiary/aromatic N) is 1. The highest BCUT2D eigenvalue weighted by molar-refractivity contribution is 7.18. The quantitative estimate of drug-likeness (QED) is 0.734. The second kappa shape index (κ2) is 3.49. The Bertz CT molecular complexity index is 482. The topological polar surface area (TPSA) is 22.1 Å². The van der Waals surface area contributed by atoms with Gasteiger partial charge in [-0.05, 0) is 12.1 Å². The van der Waals surface area contributed by atoms with Crippen molar-refractivity contribution in [3.8, 4) is 5.75 Å². The van der Waals surface area contributed by atoms with Gasteiger partial charge in [-0.3, -0.25) is 0 Å². The first kappa shape index (κ1) is 10.4. The van der Waals surface area contributed by atoms with E-state index in [1.165, 1.54) is 4.70 Å². The van der Waals surface area contributed by atoms with Crippen LogP contribution in [-0.4, -0.2) is 12.1 Å². The molecule has 0 N–H and O–H groups in total. The van der Waals surface area contributed by atoms with Gasteiger partial charge in [0.2, 0.25) is 0 Å². The van der Waals surface area contributed by atoms with Gasteiger partial charge < -0.3 is 4.74 Å². The van der Waals surface area contributed by atoms with Gasteiger partial charge in [-0.15, -0.1) is 11.3 Å². The molecule has 3 heteroatoms. The molecule has 80 valence electrons. The largest absolute Gasteiger partial charge is 0.494 e. The minimum atomic E-state index is 0.106. The van der Waals surface area contributed by atoms with Crippen LogP contribution in [0.5, 0.6) is 5.75 Å². The lowest BCUT2D eigenvalue weighted by Gasteiger charge is -2.13. The van der Waals surface area contributed by atoms with Gasteiger partial charge in [0.15, 0.2) is 0 Å². The van der Waals surface area contributed by atoms with Gasteiger partial charge in [-0.2, -0.15) is 0 Å². The monoisotopic (exact) mass is 221 g/mol. The Balaban J connectivity index is 2.65. The Morgan fingerprint density at radius 1 is 1.27 bits per heavy atom. The fourth-order valence-electron chi connectivity index (χ4n) is 1.41. The van der Waals surface area contributed by atoms with Crippen LogP contribution in [0.15, 0.2) is 18.2 Å². The lowest BCUT2D eigenvalue weighted by molar-refractivity contribution is 0.419. The van der Waals surface area contributed by atoms with Crippen molar-refractivity contribution in [3.63, 3.8) is 0 Å². The summed E-state index contributed by atoms with van der Waals surface area (Å²) >= 11 is 1.74. The smallest absolute Gasteiger partial charge is 0.145 e. The Labute approximate surface area is 93.9 Å². The lowest BCUT2D eigenvalue weighted by atomic mass is 9.98. The van der Waals surface area contributed by atoms with E-state index in [0.29, 0.717) is 0 Å². The summed E-state index contributed by atoms with van der Waals surface area (Å²) in [5, 5.41) is 1.15. The van der Waals surface area contributed by atoms with Gasteiger partial charge in [0.25, 0.3) is 0 Å². The molecule has 2 rings (SSSR count). The second-order valence-corrected chi connectivity index (χ2v) is 5.61. The van der Waals surface area contributed by atoms with Crippen molar-refractivity contribution in [1.82, 2.24) is 4.98 Å². The minimum Gasteiger partial charge on any atom is -0.494 e. The number of thiazole rings is 1. The molecule has 0 radical (unpaired) electrons. The highest BCUT2D eigenvalue weighted by Gasteiger charge is 2.19. The van der Waals surface area contributed by atoms with Crippen LogP contribution in [0.2, 0.25) is 0 Å². The molecule has 2 aromatic rings. The van der Waals surface area contributed by atoms with Crippen molar-refractivity contribution < 1.29 is 4.74 Å². The molecule has 0 aliphatic carbocycles. The molecule has 0 saturated heterocycles. The van der Waals surface area contributed by atoms with Crippen molar-refractivity contribution in [1.29, 1.82) is 0 Å². The zero-order chi connectivity index (χ0) is 11.1. The predicted molar refractivity (Wildman–Crippen MR) is 64.9 cm³/mol. The van der Waals surface area contributed by atoms with E-state index < -0.39 is 0 Å². The molecular formula is C12H15NOS. The molecule has 0 saturated carbocycles. The molecule has 2 nitrogen and oxygen atoms in total. The first-order valence-electron chi connectivity index (χ1n) is 4.96. The van der Waals surface area contributed by atoms with Crippen LogP contribution >= 0.6 is 11.3 Å². The predicted octanol–water partition coefficient (Wildman–Crippen LogP) is 3.60. The number of aromatic nitrogens is 1. The molecule has 0 atom stereocenters. The molecule has 1 aromatic carbocycles. The molecule has 0 aliphatic heterocycles. The van der Waals surface area contributed by atoms with Gasteiger partial charge in [0.05, 0.1) is 16.8 Å². The van der Waals surface area contributed by atoms with Crippen LogP contribution in [0.25, 0.3) is 10.2 Å². The van der Waals surface area contributed by atoms with Crippen LogP contribution in [-0.2, 0) is 5.41 Å². The summed E-state index contributed by atoms with van der Waals surface area (Å²) in [4.78, 5) is 4.65. The van der Waals surface area contributed by atoms with Crippen molar-refractivity contribution in [3.05, 3.63) is 23.2 Å². The van der Waals surface area contributed by atoms with Crippen molar-refractivity contribution >= 4 is 21.6 Å². The maximum absolute atomic E-state index is 5.30. The Kier molecular flexibility index (Phi) is 2.43. The summed E-state index contributed by atoms with van der Waals surface area (Å²) in [5.41, 5.74) is 1.09. The molecule has 0 spiro atoms. The highest BCUT2D eigenvalue weighted by Crippen LogP contribution is 2.34. The first-order chi connectivity index (χ1) is 7.02. The van der Waals surface area contributed by atoms with Gasteiger partial charge in [0.1, 0.15) is 11.3 Å². The van der Waals surface area contributed by atoms with Crippen LogP contribution in [0, 0.1) is 0 Å². The van der Waals surface area contributed by atoms with Crippen molar-refractivity contribution in [2.24, 2.45) is 0 Å². The highest BCUT2D eigenvalue weighted by atomic mass is 32.1. The summed E-state index contributed by atoms with van der Waals surface area (Å²) < 4.78 is 6.49. The number of rotatable bonds is 1. The molecule has 0 fully saturated rings. The van der Waals surface area contributed by atoms with Crippen LogP contribution in [0.1, 0.15) is 25.8 Å². The van der Waals surface area contributed by atoms with Crippen molar-refractivity contribution in [2.45, 2.75) is 26.2 Å². The third kappa shape index (κ3) is 1.84. The standard InChI is InChI=1S/C12H15NOS/c1-12(2,3)11-13-10-8(14-4)6-5-7-9(10)15-11/h5-7H,1-4H3. The van der Waals surface area contributed by atoms with E-state index in [1.54, 1.807) is 18.4 Å². The summed E-state index contributed by atoms with van der Waals surface area (Å²) in [6, 6.07) is 6.05. The Hall–Kier alpha value is -1.09. The summed E-state index contributed by atoms with van der Waals surface area (Å²) in [6.45, 7) is 6.53. The number of fused-ring (bicyclic) bond motifs is 1. The van der Waals surface area contributed by atoms with Crippen molar-refractivity contribution in [2.75, 3.05) is 7.11 Å². The fraction of sp³-hybridized carbons (Fsp3) is 0.417. The van der Waals surface area contributed by atoms with E-state index in [2.05, 4.69) is 31.8 Å². The van der Waals surface area contributed by atoms with Gasteiger partial charge >= 0.3 is 0 Å². The Morgan fingerprint density at radius 3 is 2.60 bits per heavy atom. The minimum absolute atomic E-state index is 0.106. The number of hydrogen-bond acceptors (Lipinski definition) is 3. The van der Waals surface area contributed by atoms with Gasteiger partial charge in [-0.1, -0.05) is 26.8 Å². The SMILES string of the molecule is COc1cccc2sc(C(C)(C)C)nc12. The summed E-state index contributed by atoms with van der Waals surface area (Å²) in [5.74, 6) is 0.860. The number of hydrogen-bond donors (Lipinski definition) is 0. The zero-order valence-electron chi connectivity index (χ0n) is 9.50. The average molecular weight is 221 g/mol. The third-order valence-electron chi connectivity index (χ3n) is 2.24. The van der Waals surface area contributed by atoms with E-state index in [-0.39, 0.29) is 5.41 Å². The molecule has 0 aliphatic rings. The zero-order valence-corrected chi connectivity index (χ0v) is 10.3. The maximum Gasteiger partial charge on any atom is 0.145 e. The third-order valence-corrected chi connectivity index (χ3v) is 3.69. The summed E-state index contributed by atoms with van der Waals surface area (Å²) in [6.07, 6.45) is 0. The average Bonchev–Trinajstić information content (AvgIpc) is 2.59. The van der Waals surface area contributed by atoms with Crippen LogP contribution in [0.3, 0.4) is 0 Å². The molecule has 15 heavy (non-hydrogen) atoms. The second-order valence-electron chi connectivity index (χ2n) is 4.58.